The Morgan fingerprint density at radius 3 is 2.94 bits per heavy atom. The van der Waals surface area contributed by atoms with Crippen LogP contribution in [-0.4, -0.2) is 21.5 Å². The van der Waals surface area contributed by atoms with Crippen molar-refractivity contribution in [1.29, 1.82) is 0 Å². The number of aromatic amines is 1. The van der Waals surface area contributed by atoms with Gasteiger partial charge in [0.15, 0.2) is 6.23 Å². The second kappa shape index (κ2) is 3.75. The monoisotopic (exact) mass is 227 g/mol. The van der Waals surface area contributed by atoms with E-state index in [-0.39, 0.29) is 0 Å². The summed E-state index contributed by atoms with van der Waals surface area (Å²) in [5.41, 5.74) is 4.67. The number of rotatable bonds is 1. The van der Waals surface area contributed by atoms with E-state index in [0.717, 1.165) is 28.2 Å². The summed E-state index contributed by atoms with van der Waals surface area (Å²) in [4.78, 5) is 0. The second-order valence-electron chi connectivity index (χ2n) is 4.17. The molecule has 2 heterocycles. The first-order chi connectivity index (χ1) is 8.24. The van der Waals surface area contributed by atoms with E-state index in [0.29, 0.717) is 0 Å². The Bertz CT molecular complexity index is 586. The number of H-pyrrole nitrogens is 1. The number of anilines is 1. The van der Waals surface area contributed by atoms with Gasteiger partial charge in [0.25, 0.3) is 0 Å². The van der Waals surface area contributed by atoms with Crippen LogP contribution in [0.25, 0.3) is 11.6 Å². The molecule has 0 saturated carbocycles. The van der Waals surface area contributed by atoms with Gasteiger partial charge in [0, 0.05) is 22.5 Å². The topological polar surface area (TPSA) is 60.9 Å². The highest BCUT2D eigenvalue weighted by Crippen LogP contribution is 2.34. The minimum Gasteiger partial charge on any atom is -0.369 e. The van der Waals surface area contributed by atoms with Crippen molar-refractivity contribution in [2.45, 2.75) is 13.2 Å². The van der Waals surface area contributed by atoms with Crippen molar-refractivity contribution in [3.05, 3.63) is 47.3 Å². The summed E-state index contributed by atoms with van der Waals surface area (Å²) >= 11 is 0. The van der Waals surface area contributed by atoms with Gasteiger partial charge >= 0.3 is 0 Å². The molecule has 1 atom stereocenters. The minimum atomic E-state index is -0.663. The zero-order valence-electron chi connectivity index (χ0n) is 9.44. The van der Waals surface area contributed by atoms with Gasteiger partial charge in [0.1, 0.15) is 0 Å². The molecule has 4 heteroatoms. The van der Waals surface area contributed by atoms with Crippen LogP contribution in [0.4, 0.5) is 5.69 Å². The maximum absolute atomic E-state index is 9.96. The molecule has 1 aromatic carbocycles. The maximum Gasteiger partial charge on any atom is 0.151 e. The van der Waals surface area contributed by atoms with Crippen molar-refractivity contribution in [2.75, 3.05) is 5.32 Å². The molecule has 1 aliphatic heterocycles. The number of para-hydroxylation sites is 1. The number of hydrogen-bond acceptors (Lipinski definition) is 3. The minimum absolute atomic E-state index is 0.663. The summed E-state index contributed by atoms with van der Waals surface area (Å²) in [5, 5.41) is 20.0. The number of aliphatic hydroxyl groups is 1. The largest absolute Gasteiger partial charge is 0.369 e. The molecule has 0 amide bonds. The van der Waals surface area contributed by atoms with E-state index in [1.165, 1.54) is 0 Å². The molecule has 3 N–H and O–H groups in total. The number of hydrogen-bond donors (Lipinski definition) is 3. The third-order valence-corrected chi connectivity index (χ3v) is 2.85. The smallest absolute Gasteiger partial charge is 0.151 e. The maximum atomic E-state index is 9.96. The molecule has 0 fully saturated rings. The van der Waals surface area contributed by atoms with Crippen molar-refractivity contribution in [1.82, 2.24) is 10.2 Å². The molecule has 1 unspecified atom stereocenters. The second-order valence-corrected chi connectivity index (χ2v) is 4.17. The summed E-state index contributed by atoms with van der Waals surface area (Å²) in [6.45, 7) is 1.95. The molecule has 86 valence electrons. The third-order valence-electron chi connectivity index (χ3n) is 2.85. The van der Waals surface area contributed by atoms with Crippen molar-refractivity contribution in [3.8, 4) is 0 Å². The normalized spacial score (nSPS) is 20.4. The SMILES string of the molecule is Cc1cc(/C=C2/c3ccccc3NC2O)n[nH]1. The number of aromatic nitrogens is 2. The van der Waals surface area contributed by atoms with Gasteiger partial charge in [-0.2, -0.15) is 5.10 Å². The zero-order valence-corrected chi connectivity index (χ0v) is 9.44. The van der Waals surface area contributed by atoms with Crippen LogP contribution in [0, 0.1) is 6.92 Å². The number of aryl methyl sites for hydroxylation is 1. The molecule has 0 bridgehead atoms. The van der Waals surface area contributed by atoms with E-state index in [2.05, 4.69) is 15.5 Å². The van der Waals surface area contributed by atoms with Crippen LogP contribution >= 0.6 is 0 Å². The van der Waals surface area contributed by atoms with E-state index < -0.39 is 6.23 Å². The van der Waals surface area contributed by atoms with E-state index in [1.54, 1.807) is 0 Å². The average molecular weight is 227 g/mol. The molecular formula is C13H13N3O. The van der Waals surface area contributed by atoms with Gasteiger partial charge in [-0.3, -0.25) is 5.10 Å². The van der Waals surface area contributed by atoms with Crippen LogP contribution < -0.4 is 5.32 Å². The average Bonchev–Trinajstić information content (AvgIpc) is 2.85. The van der Waals surface area contributed by atoms with Crippen LogP contribution in [0.1, 0.15) is 17.0 Å². The number of aliphatic hydroxyl groups excluding tert-OH is 1. The Labute approximate surface area is 99.0 Å². The first-order valence-electron chi connectivity index (χ1n) is 5.51. The summed E-state index contributed by atoms with van der Waals surface area (Å²) < 4.78 is 0. The van der Waals surface area contributed by atoms with Gasteiger partial charge in [-0.15, -0.1) is 0 Å². The lowest BCUT2D eigenvalue weighted by Crippen LogP contribution is -2.12. The lowest BCUT2D eigenvalue weighted by atomic mass is 10.1. The number of benzene rings is 1. The fourth-order valence-electron chi connectivity index (χ4n) is 2.06. The molecule has 1 aromatic heterocycles. The molecule has 0 spiro atoms. The van der Waals surface area contributed by atoms with Crippen LogP contribution in [0.15, 0.2) is 30.3 Å². The van der Waals surface area contributed by atoms with Gasteiger partial charge in [0.05, 0.1) is 5.69 Å². The molecule has 2 aromatic rings. The van der Waals surface area contributed by atoms with Crippen molar-refractivity contribution in [2.24, 2.45) is 0 Å². The third kappa shape index (κ3) is 1.72. The van der Waals surface area contributed by atoms with Gasteiger partial charge in [-0.25, -0.2) is 0 Å². The Kier molecular flexibility index (Phi) is 2.23. The van der Waals surface area contributed by atoms with Gasteiger partial charge in [0.2, 0.25) is 0 Å². The molecule has 3 rings (SSSR count). The first-order valence-corrected chi connectivity index (χ1v) is 5.51. The number of fused-ring (bicyclic) bond motifs is 1. The quantitative estimate of drug-likeness (QED) is 0.698. The summed E-state index contributed by atoms with van der Waals surface area (Å²) in [6, 6.07) is 9.79. The summed E-state index contributed by atoms with van der Waals surface area (Å²) in [7, 11) is 0. The fourth-order valence-corrected chi connectivity index (χ4v) is 2.06. The summed E-state index contributed by atoms with van der Waals surface area (Å²) in [5.74, 6) is 0. The Balaban J connectivity index is 2.06. The highest BCUT2D eigenvalue weighted by atomic mass is 16.3. The molecule has 0 radical (unpaired) electrons. The van der Waals surface area contributed by atoms with Gasteiger partial charge < -0.3 is 10.4 Å². The van der Waals surface area contributed by atoms with Crippen LogP contribution in [0.3, 0.4) is 0 Å². The van der Waals surface area contributed by atoms with Crippen molar-refractivity contribution < 1.29 is 5.11 Å². The first kappa shape index (κ1) is 10.1. The number of nitrogens with zero attached hydrogens (tertiary/aromatic N) is 1. The molecule has 4 nitrogen and oxygen atoms in total. The molecular weight excluding hydrogens is 214 g/mol. The van der Waals surface area contributed by atoms with E-state index in [4.69, 9.17) is 0 Å². The van der Waals surface area contributed by atoms with E-state index in [1.807, 2.05) is 43.3 Å². The van der Waals surface area contributed by atoms with E-state index in [9.17, 15) is 5.11 Å². The van der Waals surface area contributed by atoms with Crippen LogP contribution in [0.2, 0.25) is 0 Å². The van der Waals surface area contributed by atoms with Gasteiger partial charge in [-0.05, 0) is 25.1 Å². The molecule has 0 saturated heterocycles. The predicted octanol–water partition coefficient (Wildman–Crippen LogP) is 2.00. The standard InChI is InChI=1S/C13H13N3O/c1-8-6-9(16-15-8)7-11-10-4-2-3-5-12(10)14-13(11)17/h2-7,13-14,17H,1H3,(H,15,16)/b11-7-. The highest BCUT2D eigenvalue weighted by molar-refractivity contribution is 5.93. The van der Waals surface area contributed by atoms with Crippen molar-refractivity contribution in [3.63, 3.8) is 0 Å². The Morgan fingerprint density at radius 2 is 2.18 bits per heavy atom. The predicted molar refractivity (Wildman–Crippen MR) is 67.3 cm³/mol. The van der Waals surface area contributed by atoms with Crippen molar-refractivity contribution >= 4 is 17.3 Å². The Hall–Kier alpha value is -2.07. The fraction of sp³-hybridized carbons (Fsp3) is 0.154. The van der Waals surface area contributed by atoms with Crippen LogP contribution in [-0.2, 0) is 0 Å². The molecule has 1 aliphatic rings. The lowest BCUT2D eigenvalue weighted by molar-refractivity contribution is 0.266. The lowest BCUT2D eigenvalue weighted by Gasteiger charge is -2.03. The Morgan fingerprint density at radius 1 is 1.35 bits per heavy atom. The molecule has 17 heavy (non-hydrogen) atoms. The molecule has 0 aliphatic carbocycles. The van der Waals surface area contributed by atoms with Crippen LogP contribution in [0.5, 0.6) is 0 Å². The number of nitrogens with one attached hydrogen (secondary N) is 2. The zero-order chi connectivity index (χ0) is 11.8. The van der Waals surface area contributed by atoms with E-state index >= 15 is 0 Å². The highest BCUT2D eigenvalue weighted by Gasteiger charge is 2.23. The van der Waals surface area contributed by atoms with Gasteiger partial charge in [-0.1, -0.05) is 18.2 Å². The summed E-state index contributed by atoms with van der Waals surface area (Å²) in [6.07, 6.45) is 1.23.